The maximum Gasteiger partial charge on any atom is 0.257 e. The Bertz CT molecular complexity index is 757. The lowest BCUT2D eigenvalue weighted by Gasteiger charge is -2.16. The number of rotatable bonds is 3. The van der Waals surface area contributed by atoms with Crippen molar-refractivity contribution >= 4 is 5.91 Å². The van der Waals surface area contributed by atoms with Gasteiger partial charge in [-0.3, -0.25) is 4.79 Å². The zero-order chi connectivity index (χ0) is 16.6. The zero-order valence-electron chi connectivity index (χ0n) is 14.0. The fourth-order valence-electron chi connectivity index (χ4n) is 2.65. The van der Waals surface area contributed by atoms with Crippen LogP contribution in [0.1, 0.15) is 65.6 Å². The molecule has 0 aromatic carbocycles. The van der Waals surface area contributed by atoms with Crippen LogP contribution in [0.4, 0.5) is 0 Å². The van der Waals surface area contributed by atoms with E-state index in [9.17, 15) is 4.79 Å². The largest absolute Gasteiger partial charge is 0.328 e. The number of aromatic nitrogens is 4. The predicted octanol–water partition coefficient (Wildman–Crippen LogP) is 2.42. The molecule has 23 heavy (non-hydrogen) atoms. The normalized spacial score (nSPS) is 13.5. The summed E-state index contributed by atoms with van der Waals surface area (Å²) in [5, 5.41) is 0. The average molecular weight is 311 g/mol. The minimum absolute atomic E-state index is 0.0474. The minimum Gasteiger partial charge on any atom is -0.328 e. The summed E-state index contributed by atoms with van der Waals surface area (Å²) in [7, 11) is 0. The van der Waals surface area contributed by atoms with Gasteiger partial charge in [0.1, 0.15) is 11.6 Å². The van der Waals surface area contributed by atoms with Crippen molar-refractivity contribution in [3.8, 4) is 0 Å². The molecule has 6 heteroatoms. The Morgan fingerprint density at radius 1 is 1.22 bits per heavy atom. The molecule has 1 amide bonds. The van der Waals surface area contributed by atoms with Crippen molar-refractivity contribution in [3.63, 3.8) is 0 Å². The molecule has 120 valence electrons. The summed E-state index contributed by atoms with van der Waals surface area (Å²) in [5.74, 6) is 1.78. The van der Waals surface area contributed by atoms with Crippen molar-refractivity contribution < 1.29 is 4.79 Å². The first-order valence-electron chi connectivity index (χ1n) is 7.96. The van der Waals surface area contributed by atoms with Crippen molar-refractivity contribution in [1.29, 1.82) is 0 Å². The molecule has 1 aliphatic rings. The smallest absolute Gasteiger partial charge is 0.257 e. The Hall–Kier alpha value is -2.37. The quantitative estimate of drug-likeness (QED) is 0.870. The van der Waals surface area contributed by atoms with Gasteiger partial charge in [0.25, 0.3) is 5.91 Å². The van der Waals surface area contributed by atoms with Gasteiger partial charge in [-0.25, -0.2) is 19.9 Å². The molecule has 0 unspecified atom stereocenters. The summed E-state index contributed by atoms with van der Waals surface area (Å²) in [5.41, 5.74) is 3.26. The number of carbonyl (C=O) groups is 1. The third-order valence-corrected chi connectivity index (χ3v) is 4.05. The van der Waals surface area contributed by atoms with Gasteiger partial charge in [-0.2, -0.15) is 0 Å². The molecule has 2 aromatic rings. The van der Waals surface area contributed by atoms with Crippen LogP contribution in [-0.2, 0) is 19.5 Å². The summed E-state index contributed by atoms with van der Waals surface area (Å²) < 4.78 is 0. The van der Waals surface area contributed by atoms with Gasteiger partial charge in [0.05, 0.1) is 23.5 Å². The first-order valence-corrected chi connectivity index (χ1v) is 7.96. The van der Waals surface area contributed by atoms with Crippen molar-refractivity contribution in [2.75, 3.05) is 0 Å². The van der Waals surface area contributed by atoms with Crippen molar-refractivity contribution in [1.82, 2.24) is 24.8 Å². The van der Waals surface area contributed by atoms with Crippen LogP contribution in [-0.4, -0.2) is 30.7 Å². The Morgan fingerprint density at radius 2 is 2.00 bits per heavy atom. The van der Waals surface area contributed by atoms with Crippen LogP contribution in [0.25, 0.3) is 0 Å². The molecule has 0 bridgehead atoms. The molecule has 0 atom stereocenters. The Labute approximate surface area is 136 Å². The van der Waals surface area contributed by atoms with E-state index in [0.717, 1.165) is 35.0 Å². The van der Waals surface area contributed by atoms with Crippen LogP contribution in [0.2, 0.25) is 0 Å². The second-order valence-electron chi connectivity index (χ2n) is 6.15. The molecule has 0 spiro atoms. The highest BCUT2D eigenvalue weighted by molar-refractivity contribution is 5.95. The maximum absolute atomic E-state index is 12.8. The van der Waals surface area contributed by atoms with Gasteiger partial charge < -0.3 is 4.90 Å². The number of fused-ring (bicyclic) bond motifs is 1. The number of nitrogens with zero attached hydrogens (tertiary/aromatic N) is 5. The number of hydrogen-bond donors (Lipinski definition) is 0. The topological polar surface area (TPSA) is 71.9 Å². The van der Waals surface area contributed by atoms with Gasteiger partial charge >= 0.3 is 0 Å². The van der Waals surface area contributed by atoms with Gasteiger partial charge in [-0.1, -0.05) is 20.8 Å². The standard InChI is InChI=1S/C17H21N5O/c1-5-15-18-6-12-8-22(9-14(12)21-15)17(23)13-7-19-16(10(2)3)20-11(13)4/h6-7,10H,5,8-9H2,1-4H3. The molecular formula is C17H21N5O. The van der Waals surface area contributed by atoms with Gasteiger partial charge in [0.2, 0.25) is 0 Å². The lowest BCUT2D eigenvalue weighted by molar-refractivity contribution is 0.0748. The third-order valence-electron chi connectivity index (χ3n) is 4.05. The van der Waals surface area contributed by atoms with E-state index in [1.165, 1.54) is 0 Å². The Balaban J connectivity index is 1.82. The fraction of sp³-hybridized carbons (Fsp3) is 0.471. The predicted molar refractivity (Wildman–Crippen MR) is 85.8 cm³/mol. The first-order chi connectivity index (χ1) is 11.0. The van der Waals surface area contributed by atoms with E-state index in [0.29, 0.717) is 18.7 Å². The molecule has 3 heterocycles. The summed E-state index contributed by atoms with van der Waals surface area (Å²) >= 11 is 0. The lowest BCUT2D eigenvalue weighted by atomic mass is 10.1. The highest BCUT2D eigenvalue weighted by Gasteiger charge is 2.27. The number of aryl methyl sites for hydroxylation is 2. The number of hydrogen-bond acceptors (Lipinski definition) is 5. The molecule has 0 fully saturated rings. The summed E-state index contributed by atoms with van der Waals surface area (Å²) in [6, 6.07) is 0. The second kappa shape index (κ2) is 6.02. The third kappa shape index (κ3) is 2.93. The van der Waals surface area contributed by atoms with E-state index >= 15 is 0 Å². The van der Waals surface area contributed by atoms with E-state index in [1.807, 2.05) is 33.9 Å². The molecular weight excluding hydrogens is 290 g/mol. The SMILES string of the molecule is CCc1ncc2c(n1)CN(C(=O)c1cnc(C(C)C)nc1C)C2. The summed E-state index contributed by atoms with van der Waals surface area (Å²) in [4.78, 5) is 32.2. The van der Waals surface area contributed by atoms with E-state index in [4.69, 9.17) is 0 Å². The number of carbonyl (C=O) groups excluding carboxylic acids is 1. The Morgan fingerprint density at radius 3 is 2.65 bits per heavy atom. The van der Waals surface area contributed by atoms with Gasteiger partial charge in [0.15, 0.2) is 0 Å². The van der Waals surface area contributed by atoms with E-state index in [1.54, 1.807) is 11.1 Å². The molecule has 6 nitrogen and oxygen atoms in total. The van der Waals surface area contributed by atoms with Crippen LogP contribution in [0, 0.1) is 6.92 Å². The highest BCUT2D eigenvalue weighted by atomic mass is 16.2. The van der Waals surface area contributed by atoms with E-state index in [-0.39, 0.29) is 11.8 Å². The van der Waals surface area contributed by atoms with E-state index in [2.05, 4.69) is 19.9 Å². The van der Waals surface area contributed by atoms with Crippen LogP contribution in [0.5, 0.6) is 0 Å². The minimum atomic E-state index is -0.0474. The van der Waals surface area contributed by atoms with Crippen LogP contribution in [0.3, 0.4) is 0 Å². The van der Waals surface area contributed by atoms with Crippen LogP contribution in [0.15, 0.2) is 12.4 Å². The lowest BCUT2D eigenvalue weighted by Crippen LogP contribution is -2.26. The van der Waals surface area contributed by atoms with Gasteiger partial charge in [0, 0.05) is 36.8 Å². The summed E-state index contributed by atoms with van der Waals surface area (Å²) in [6.45, 7) is 9.03. The monoisotopic (exact) mass is 311 g/mol. The van der Waals surface area contributed by atoms with Gasteiger partial charge in [-0.05, 0) is 6.92 Å². The number of amides is 1. The van der Waals surface area contributed by atoms with Crippen molar-refractivity contribution in [2.45, 2.75) is 53.1 Å². The Kier molecular flexibility index (Phi) is 4.07. The van der Waals surface area contributed by atoms with Gasteiger partial charge in [-0.15, -0.1) is 0 Å². The zero-order valence-corrected chi connectivity index (χ0v) is 14.0. The average Bonchev–Trinajstić information content (AvgIpc) is 2.96. The van der Waals surface area contributed by atoms with Crippen LogP contribution >= 0.6 is 0 Å². The molecule has 3 rings (SSSR count). The van der Waals surface area contributed by atoms with Crippen molar-refractivity contribution in [2.24, 2.45) is 0 Å². The first kappa shape index (κ1) is 15.5. The molecule has 0 saturated heterocycles. The van der Waals surface area contributed by atoms with Crippen molar-refractivity contribution in [3.05, 3.63) is 46.6 Å². The summed E-state index contributed by atoms with van der Waals surface area (Å²) in [6.07, 6.45) is 4.27. The molecule has 0 aliphatic carbocycles. The highest BCUT2D eigenvalue weighted by Crippen LogP contribution is 2.23. The molecule has 0 saturated carbocycles. The molecule has 0 N–H and O–H groups in total. The molecule has 0 radical (unpaired) electrons. The fourth-order valence-corrected chi connectivity index (χ4v) is 2.65. The van der Waals surface area contributed by atoms with Crippen LogP contribution < -0.4 is 0 Å². The second-order valence-corrected chi connectivity index (χ2v) is 6.15. The molecule has 1 aliphatic heterocycles. The van der Waals surface area contributed by atoms with E-state index < -0.39 is 0 Å². The molecule has 2 aromatic heterocycles. The maximum atomic E-state index is 12.8.